The van der Waals surface area contributed by atoms with Crippen molar-refractivity contribution in [2.24, 2.45) is 0 Å². The van der Waals surface area contributed by atoms with E-state index in [1.807, 2.05) is 37.3 Å². The van der Waals surface area contributed by atoms with Crippen molar-refractivity contribution in [3.8, 4) is 5.75 Å². The Labute approximate surface area is 128 Å². The van der Waals surface area contributed by atoms with Crippen molar-refractivity contribution in [3.63, 3.8) is 0 Å². The van der Waals surface area contributed by atoms with Crippen LogP contribution >= 0.6 is 0 Å². The first-order valence-electron chi connectivity index (χ1n) is 8.31. The fourth-order valence-electron chi connectivity index (χ4n) is 2.88. The van der Waals surface area contributed by atoms with Crippen molar-refractivity contribution in [2.75, 3.05) is 0 Å². The summed E-state index contributed by atoms with van der Waals surface area (Å²) in [7, 11) is 0. The highest BCUT2D eigenvalue weighted by Gasteiger charge is 2.21. The molecule has 0 aromatic heterocycles. The van der Waals surface area contributed by atoms with Gasteiger partial charge in [0.1, 0.15) is 5.75 Å². The van der Waals surface area contributed by atoms with Gasteiger partial charge in [0.05, 0.1) is 0 Å². The second-order valence-electron chi connectivity index (χ2n) is 5.88. The first-order chi connectivity index (χ1) is 10.3. The van der Waals surface area contributed by atoms with Gasteiger partial charge in [0.25, 0.3) is 5.91 Å². The average Bonchev–Trinajstić information content (AvgIpc) is 2.48. The van der Waals surface area contributed by atoms with Crippen LogP contribution in [0.2, 0.25) is 0 Å². The Bertz CT molecular complexity index is 410. The molecule has 1 aliphatic carbocycles. The highest BCUT2D eigenvalue weighted by atomic mass is 16.5. The van der Waals surface area contributed by atoms with E-state index in [-0.39, 0.29) is 5.91 Å². The maximum absolute atomic E-state index is 12.4. The predicted octanol–water partition coefficient (Wildman–Crippen LogP) is 4.07. The molecule has 0 aliphatic heterocycles. The lowest BCUT2D eigenvalue weighted by Crippen LogP contribution is -2.43. The van der Waals surface area contributed by atoms with Crippen molar-refractivity contribution in [3.05, 3.63) is 30.3 Å². The molecule has 3 nitrogen and oxygen atoms in total. The molecule has 1 N–H and O–H groups in total. The highest BCUT2D eigenvalue weighted by Crippen LogP contribution is 2.18. The molecule has 1 saturated carbocycles. The summed E-state index contributed by atoms with van der Waals surface area (Å²) in [5.74, 6) is 0.795. The maximum atomic E-state index is 12.4. The Morgan fingerprint density at radius 2 is 1.76 bits per heavy atom. The number of hydrogen-bond acceptors (Lipinski definition) is 2. The Hall–Kier alpha value is -1.51. The Morgan fingerprint density at radius 1 is 1.14 bits per heavy atom. The van der Waals surface area contributed by atoms with Crippen molar-refractivity contribution >= 4 is 5.91 Å². The summed E-state index contributed by atoms with van der Waals surface area (Å²) < 4.78 is 5.81. The third kappa shape index (κ3) is 5.41. The molecule has 0 saturated heterocycles. The quantitative estimate of drug-likeness (QED) is 0.887. The van der Waals surface area contributed by atoms with E-state index in [1.165, 1.54) is 32.1 Å². The SMILES string of the molecule is CCC(Oc1ccccc1)C(=O)NC1CCCCCCC1. The lowest BCUT2D eigenvalue weighted by atomic mass is 9.96. The van der Waals surface area contributed by atoms with Gasteiger partial charge in [0.15, 0.2) is 6.10 Å². The second-order valence-corrected chi connectivity index (χ2v) is 5.88. The van der Waals surface area contributed by atoms with Crippen molar-refractivity contribution in [1.29, 1.82) is 0 Å². The third-order valence-corrected chi connectivity index (χ3v) is 4.14. The zero-order valence-corrected chi connectivity index (χ0v) is 13.0. The molecule has 1 aliphatic rings. The summed E-state index contributed by atoms with van der Waals surface area (Å²) in [5, 5.41) is 3.19. The molecule has 1 unspecified atom stereocenters. The van der Waals surface area contributed by atoms with Crippen LogP contribution in [0.4, 0.5) is 0 Å². The monoisotopic (exact) mass is 289 g/mol. The number of benzene rings is 1. The minimum Gasteiger partial charge on any atom is -0.481 e. The van der Waals surface area contributed by atoms with Gasteiger partial charge in [-0.2, -0.15) is 0 Å². The minimum atomic E-state index is -0.391. The molecule has 1 amide bonds. The van der Waals surface area contributed by atoms with Crippen LogP contribution in [-0.2, 0) is 4.79 Å². The largest absolute Gasteiger partial charge is 0.481 e. The van der Waals surface area contributed by atoms with Crippen molar-refractivity contribution < 1.29 is 9.53 Å². The van der Waals surface area contributed by atoms with Crippen LogP contribution in [-0.4, -0.2) is 18.1 Å². The summed E-state index contributed by atoms with van der Waals surface area (Å²) >= 11 is 0. The Kier molecular flexibility index (Phi) is 6.58. The standard InChI is InChI=1S/C18H27NO2/c1-2-17(21-16-13-9-6-10-14-16)18(20)19-15-11-7-4-3-5-8-12-15/h6,9-10,13-15,17H,2-5,7-8,11-12H2,1H3,(H,19,20). The van der Waals surface area contributed by atoms with Crippen LogP contribution in [0.3, 0.4) is 0 Å². The summed E-state index contributed by atoms with van der Waals surface area (Å²) in [4.78, 5) is 12.4. The van der Waals surface area contributed by atoms with E-state index in [0.29, 0.717) is 12.5 Å². The van der Waals surface area contributed by atoms with E-state index < -0.39 is 6.10 Å². The number of para-hydroxylation sites is 1. The summed E-state index contributed by atoms with van der Waals surface area (Å²) in [6.07, 6.45) is 8.89. The normalized spacial score (nSPS) is 18.3. The molecular formula is C18H27NO2. The van der Waals surface area contributed by atoms with Crippen LogP contribution in [0, 0.1) is 0 Å². The molecule has 2 rings (SSSR count). The van der Waals surface area contributed by atoms with Gasteiger partial charge in [-0.25, -0.2) is 0 Å². The van der Waals surface area contributed by atoms with E-state index >= 15 is 0 Å². The molecule has 116 valence electrons. The van der Waals surface area contributed by atoms with E-state index in [4.69, 9.17) is 4.74 Å². The highest BCUT2D eigenvalue weighted by molar-refractivity contribution is 5.81. The number of carbonyl (C=O) groups excluding carboxylic acids is 1. The van der Waals surface area contributed by atoms with Crippen molar-refractivity contribution in [2.45, 2.75) is 70.4 Å². The van der Waals surface area contributed by atoms with Gasteiger partial charge in [-0.1, -0.05) is 57.2 Å². The molecule has 0 radical (unpaired) electrons. The first kappa shape index (κ1) is 15.9. The minimum absolute atomic E-state index is 0.0342. The fourth-order valence-corrected chi connectivity index (χ4v) is 2.88. The number of hydrogen-bond donors (Lipinski definition) is 1. The molecule has 3 heteroatoms. The number of ether oxygens (including phenoxy) is 1. The third-order valence-electron chi connectivity index (χ3n) is 4.14. The topological polar surface area (TPSA) is 38.3 Å². The van der Waals surface area contributed by atoms with Gasteiger partial charge < -0.3 is 10.1 Å². The molecule has 0 spiro atoms. The van der Waals surface area contributed by atoms with E-state index in [2.05, 4.69) is 5.32 Å². The lowest BCUT2D eigenvalue weighted by Gasteiger charge is -2.24. The molecular weight excluding hydrogens is 262 g/mol. The molecule has 0 heterocycles. The smallest absolute Gasteiger partial charge is 0.261 e. The number of carbonyl (C=O) groups is 1. The van der Waals surface area contributed by atoms with Crippen LogP contribution in [0.25, 0.3) is 0 Å². The number of amides is 1. The first-order valence-corrected chi connectivity index (χ1v) is 8.31. The molecule has 1 aromatic rings. The number of nitrogens with one attached hydrogen (secondary N) is 1. The predicted molar refractivity (Wildman–Crippen MR) is 85.4 cm³/mol. The summed E-state index contributed by atoms with van der Waals surface area (Å²) in [5.41, 5.74) is 0. The average molecular weight is 289 g/mol. The zero-order valence-electron chi connectivity index (χ0n) is 13.0. The molecule has 1 aromatic carbocycles. The zero-order chi connectivity index (χ0) is 14.9. The summed E-state index contributed by atoms with van der Waals surface area (Å²) in [6, 6.07) is 9.91. The van der Waals surface area contributed by atoms with Crippen LogP contribution in [0.5, 0.6) is 5.75 Å². The van der Waals surface area contributed by atoms with Gasteiger partial charge in [0, 0.05) is 6.04 Å². The van der Waals surface area contributed by atoms with Gasteiger partial charge in [-0.15, -0.1) is 0 Å². The van der Waals surface area contributed by atoms with Crippen LogP contribution < -0.4 is 10.1 Å². The molecule has 1 atom stereocenters. The van der Waals surface area contributed by atoms with Crippen LogP contribution in [0.15, 0.2) is 30.3 Å². The van der Waals surface area contributed by atoms with Crippen LogP contribution in [0.1, 0.15) is 58.3 Å². The Balaban J connectivity index is 1.86. The molecule has 0 bridgehead atoms. The van der Waals surface area contributed by atoms with Gasteiger partial charge in [0.2, 0.25) is 0 Å². The Morgan fingerprint density at radius 3 is 2.38 bits per heavy atom. The fraction of sp³-hybridized carbons (Fsp3) is 0.611. The van der Waals surface area contributed by atoms with E-state index in [0.717, 1.165) is 18.6 Å². The molecule has 1 fully saturated rings. The number of rotatable bonds is 5. The lowest BCUT2D eigenvalue weighted by molar-refractivity contribution is -0.129. The van der Waals surface area contributed by atoms with Gasteiger partial charge in [-0.3, -0.25) is 4.79 Å². The van der Waals surface area contributed by atoms with E-state index in [9.17, 15) is 4.79 Å². The van der Waals surface area contributed by atoms with Crippen molar-refractivity contribution in [1.82, 2.24) is 5.32 Å². The maximum Gasteiger partial charge on any atom is 0.261 e. The van der Waals surface area contributed by atoms with E-state index in [1.54, 1.807) is 0 Å². The van der Waals surface area contributed by atoms with Gasteiger partial charge in [-0.05, 0) is 31.4 Å². The van der Waals surface area contributed by atoms with Gasteiger partial charge >= 0.3 is 0 Å². The second kappa shape index (κ2) is 8.71. The molecule has 21 heavy (non-hydrogen) atoms. The summed E-state index contributed by atoms with van der Waals surface area (Å²) in [6.45, 7) is 1.99.